The molecule has 0 saturated heterocycles. The molecule has 0 aliphatic heterocycles. The predicted molar refractivity (Wildman–Crippen MR) is 76.1 cm³/mol. The molecule has 0 aliphatic rings. The molecule has 0 saturated carbocycles. The van der Waals surface area contributed by atoms with Gasteiger partial charge in [0.1, 0.15) is 0 Å². The van der Waals surface area contributed by atoms with Gasteiger partial charge in [0.25, 0.3) is 0 Å². The molecule has 0 aromatic rings. The van der Waals surface area contributed by atoms with Crippen LogP contribution in [0.15, 0.2) is 0 Å². The third-order valence-electron chi connectivity index (χ3n) is 3.23. The Balaban J connectivity index is -0.00000112. The van der Waals surface area contributed by atoms with Crippen LogP contribution in [0.4, 0.5) is 0 Å². The van der Waals surface area contributed by atoms with Crippen molar-refractivity contribution in [3.63, 3.8) is 0 Å². The summed E-state index contributed by atoms with van der Waals surface area (Å²) in [5, 5.41) is 3.55. The number of unbranched alkanes of at least 4 members (excludes halogenated alkanes) is 7. The molecule has 0 aromatic heterocycles. The van der Waals surface area contributed by atoms with Crippen molar-refractivity contribution >= 4 is 0 Å². The Morgan fingerprint density at radius 1 is 0.824 bits per heavy atom. The van der Waals surface area contributed by atoms with Crippen LogP contribution in [-0.4, -0.2) is 12.6 Å². The first-order chi connectivity index (χ1) is 7.81. The smallest absolute Gasteiger partial charge is 1.00 e. The molecule has 1 atom stereocenters. The van der Waals surface area contributed by atoms with Crippen molar-refractivity contribution in [2.24, 2.45) is 0 Å². The summed E-state index contributed by atoms with van der Waals surface area (Å²) in [5.74, 6) is 0. The molecule has 1 nitrogen and oxygen atoms in total. The first-order valence-corrected chi connectivity index (χ1v) is 7.54. The molecule has 100 valence electrons. The summed E-state index contributed by atoms with van der Waals surface area (Å²) in [6.45, 7) is 8.01. The van der Waals surface area contributed by atoms with Crippen LogP contribution in [0.5, 0.6) is 0 Å². The maximum Gasteiger partial charge on any atom is 1.00 e. The first-order valence-electron chi connectivity index (χ1n) is 7.54. The average Bonchev–Trinajstić information content (AvgIpc) is 2.30. The van der Waals surface area contributed by atoms with Gasteiger partial charge in [-0.1, -0.05) is 65.2 Å². The van der Waals surface area contributed by atoms with Crippen molar-refractivity contribution in [3.05, 3.63) is 0 Å². The van der Waals surface area contributed by atoms with E-state index in [1.807, 2.05) is 0 Å². The maximum absolute atomic E-state index is 3.55. The molecule has 1 N–H and O–H groups in total. The fourth-order valence-electron chi connectivity index (χ4n) is 2.08. The zero-order chi connectivity index (χ0) is 12.1. The van der Waals surface area contributed by atoms with Crippen molar-refractivity contribution < 1.29 is 31.0 Å². The van der Waals surface area contributed by atoms with E-state index in [4.69, 9.17) is 0 Å². The van der Waals surface area contributed by atoms with Gasteiger partial charge in [0.15, 0.2) is 0 Å². The Kier molecular flexibility index (Phi) is 20.2. The van der Waals surface area contributed by atoms with Crippen LogP contribution in [0.2, 0.25) is 0 Å². The van der Waals surface area contributed by atoms with Gasteiger partial charge in [0.2, 0.25) is 0 Å². The van der Waals surface area contributed by atoms with Crippen LogP contribution in [0.1, 0.15) is 86.4 Å². The molecule has 0 heterocycles. The molecule has 0 rings (SSSR count). The minimum atomic E-state index is 0. The second-order valence-corrected chi connectivity index (χ2v) is 5.12. The van der Waals surface area contributed by atoms with Crippen molar-refractivity contribution in [3.8, 4) is 0 Å². The molecular formula is C15H34NNa. The van der Waals surface area contributed by atoms with E-state index in [0.717, 1.165) is 6.04 Å². The van der Waals surface area contributed by atoms with Crippen LogP contribution < -0.4 is 34.9 Å². The van der Waals surface area contributed by atoms with Crippen LogP contribution in [0.25, 0.3) is 0 Å². The van der Waals surface area contributed by atoms with Gasteiger partial charge in [-0.2, -0.15) is 0 Å². The van der Waals surface area contributed by atoms with Crippen molar-refractivity contribution in [2.45, 2.75) is 91.0 Å². The van der Waals surface area contributed by atoms with Gasteiger partial charge in [-0.25, -0.2) is 0 Å². The average molecular weight is 251 g/mol. The van der Waals surface area contributed by atoms with E-state index in [0.29, 0.717) is 0 Å². The third kappa shape index (κ3) is 17.0. The van der Waals surface area contributed by atoms with Crippen LogP contribution in [0.3, 0.4) is 0 Å². The number of rotatable bonds is 12. The van der Waals surface area contributed by atoms with E-state index >= 15 is 0 Å². The monoisotopic (exact) mass is 251 g/mol. The summed E-state index contributed by atoms with van der Waals surface area (Å²) in [5.41, 5.74) is 0. The largest absolute Gasteiger partial charge is 1.00 e. The molecule has 0 amide bonds. The number of hydrogen-bond acceptors (Lipinski definition) is 1. The summed E-state index contributed by atoms with van der Waals surface area (Å²) >= 11 is 0. The summed E-state index contributed by atoms with van der Waals surface area (Å²) in [6, 6.07) is 0.722. The fourth-order valence-corrected chi connectivity index (χ4v) is 2.08. The zero-order valence-electron chi connectivity index (χ0n) is 13.9. The van der Waals surface area contributed by atoms with E-state index in [1.54, 1.807) is 0 Å². The first kappa shape index (κ1) is 20.3. The summed E-state index contributed by atoms with van der Waals surface area (Å²) < 4.78 is 0. The molecule has 1 unspecified atom stereocenters. The molecule has 0 bridgehead atoms. The summed E-state index contributed by atoms with van der Waals surface area (Å²) in [4.78, 5) is 0. The SMILES string of the molecule is CCCCCCCCCCC(C)NCCC.[H-].[Na+]. The normalized spacial score (nSPS) is 12.2. The standard InChI is InChI=1S/C15H33N.Na.H/c1-4-6-7-8-9-10-11-12-13-15(3)16-14-5-2;;/h15-16H,4-14H2,1-3H3;;/q;+1;-1. The Morgan fingerprint density at radius 3 is 1.88 bits per heavy atom. The minimum Gasteiger partial charge on any atom is -1.00 e. The summed E-state index contributed by atoms with van der Waals surface area (Å²) in [6.07, 6.45) is 14.1. The zero-order valence-corrected chi connectivity index (χ0v) is 14.9. The fraction of sp³-hybridized carbons (Fsp3) is 1.00. The Morgan fingerprint density at radius 2 is 1.35 bits per heavy atom. The van der Waals surface area contributed by atoms with E-state index in [1.165, 1.54) is 70.8 Å². The summed E-state index contributed by atoms with van der Waals surface area (Å²) in [7, 11) is 0. The Hall–Kier alpha value is 0.960. The van der Waals surface area contributed by atoms with Crippen molar-refractivity contribution in [1.82, 2.24) is 5.32 Å². The number of hydrogen-bond donors (Lipinski definition) is 1. The van der Waals surface area contributed by atoms with Crippen LogP contribution in [0, 0.1) is 0 Å². The molecule has 0 aliphatic carbocycles. The molecule has 0 fully saturated rings. The van der Waals surface area contributed by atoms with Crippen molar-refractivity contribution in [1.29, 1.82) is 0 Å². The van der Waals surface area contributed by atoms with E-state index in [-0.39, 0.29) is 31.0 Å². The van der Waals surface area contributed by atoms with Crippen molar-refractivity contribution in [2.75, 3.05) is 6.54 Å². The van der Waals surface area contributed by atoms with E-state index in [2.05, 4.69) is 26.1 Å². The Labute approximate surface area is 133 Å². The van der Waals surface area contributed by atoms with Crippen LogP contribution in [-0.2, 0) is 0 Å². The van der Waals surface area contributed by atoms with E-state index in [9.17, 15) is 0 Å². The molecule has 0 radical (unpaired) electrons. The third-order valence-corrected chi connectivity index (χ3v) is 3.23. The molecule has 0 aromatic carbocycles. The molecular weight excluding hydrogens is 217 g/mol. The topological polar surface area (TPSA) is 12.0 Å². The van der Waals surface area contributed by atoms with Gasteiger partial charge >= 0.3 is 29.6 Å². The van der Waals surface area contributed by atoms with Gasteiger partial charge < -0.3 is 6.74 Å². The molecule has 0 spiro atoms. The second-order valence-electron chi connectivity index (χ2n) is 5.12. The molecule has 2 heteroatoms. The molecule has 17 heavy (non-hydrogen) atoms. The predicted octanol–water partition coefficient (Wildman–Crippen LogP) is 2.02. The quantitative estimate of drug-likeness (QED) is 0.413. The Bertz CT molecular complexity index is 134. The van der Waals surface area contributed by atoms with Gasteiger partial charge in [-0.05, 0) is 26.3 Å². The second kappa shape index (κ2) is 17.0. The van der Waals surface area contributed by atoms with Gasteiger partial charge in [-0.3, -0.25) is 0 Å². The number of nitrogens with one attached hydrogen (secondary N) is 1. The van der Waals surface area contributed by atoms with Gasteiger partial charge in [0, 0.05) is 6.04 Å². The minimum absolute atomic E-state index is 0. The maximum atomic E-state index is 3.55. The van der Waals surface area contributed by atoms with Gasteiger partial charge in [0.05, 0.1) is 0 Å². The van der Waals surface area contributed by atoms with E-state index < -0.39 is 0 Å². The van der Waals surface area contributed by atoms with Gasteiger partial charge in [-0.15, -0.1) is 0 Å². The van der Waals surface area contributed by atoms with Crippen LogP contribution >= 0.6 is 0 Å².